The van der Waals surface area contributed by atoms with Crippen molar-refractivity contribution in [1.82, 2.24) is 5.32 Å². The highest BCUT2D eigenvalue weighted by Crippen LogP contribution is 2.34. The third-order valence-corrected chi connectivity index (χ3v) is 6.22. The van der Waals surface area contributed by atoms with E-state index in [1.807, 2.05) is 61.5 Å². The van der Waals surface area contributed by atoms with Gasteiger partial charge in [-0.2, -0.15) is 0 Å². The molecule has 7 heteroatoms. The first kappa shape index (κ1) is 23.0. The van der Waals surface area contributed by atoms with Crippen LogP contribution in [0.2, 0.25) is 0 Å². The van der Waals surface area contributed by atoms with Crippen molar-refractivity contribution in [2.75, 3.05) is 12.4 Å². The Morgan fingerprint density at radius 2 is 1.91 bits per heavy atom. The zero-order chi connectivity index (χ0) is 23.4. The van der Waals surface area contributed by atoms with Gasteiger partial charge < -0.3 is 20.5 Å². The number of amidine groups is 1. The van der Waals surface area contributed by atoms with Gasteiger partial charge >= 0.3 is 0 Å². The summed E-state index contributed by atoms with van der Waals surface area (Å²) in [6.45, 7) is 2.41. The maximum absolute atomic E-state index is 12.7. The number of aliphatic imine (C=N–C) groups is 1. The van der Waals surface area contributed by atoms with Gasteiger partial charge in [-0.3, -0.25) is 9.79 Å². The molecule has 1 aliphatic carbocycles. The van der Waals surface area contributed by atoms with E-state index in [0.717, 1.165) is 38.4 Å². The van der Waals surface area contributed by atoms with Crippen LogP contribution in [-0.2, 0) is 13.0 Å². The molecule has 170 valence electrons. The Morgan fingerprint density at radius 1 is 1.15 bits per heavy atom. The predicted molar refractivity (Wildman–Crippen MR) is 134 cm³/mol. The van der Waals surface area contributed by atoms with Gasteiger partial charge in [0.25, 0.3) is 5.91 Å². The Labute approximate surface area is 201 Å². The molecule has 0 spiro atoms. The number of aliphatic hydroxyl groups is 1. The molecular weight excluding hydrogens is 482 g/mol. The molecule has 4 rings (SSSR count). The number of hydrogen-bond acceptors (Lipinski definition) is 4. The summed E-state index contributed by atoms with van der Waals surface area (Å²) in [4.78, 5) is 17.3. The minimum absolute atomic E-state index is 0.215. The van der Waals surface area contributed by atoms with Crippen LogP contribution in [0, 0.1) is 0 Å². The lowest BCUT2D eigenvalue weighted by Gasteiger charge is -2.19. The molecule has 6 nitrogen and oxygen atoms in total. The third kappa shape index (κ3) is 5.43. The Hall–Kier alpha value is -3.16. The molecule has 0 radical (unpaired) electrons. The van der Waals surface area contributed by atoms with Crippen LogP contribution in [0.1, 0.15) is 40.0 Å². The van der Waals surface area contributed by atoms with Gasteiger partial charge in [-0.1, -0.05) is 40.2 Å². The van der Waals surface area contributed by atoms with Crippen LogP contribution in [0.4, 0.5) is 5.69 Å². The number of ether oxygens (including phenoxy) is 1. The van der Waals surface area contributed by atoms with Crippen molar-refractivity contribution >= 4 is 33.4 Å². The zero-order valence-electron chi connectivity index (χ0n) is 18.5. The second-order valence-corrected chi connectivity index (χ2v) is 8.90. The molecule has 0 saturated carbocycles. The number of halogens is 1. The molecule has 0 saturated heterocycles. The van der Waals surface area contributed by atoms with Gasteiger partial charge in [-0.25, -0.2) is 0 Å². The number of carbonyl (C=O) groups excluding carboxylic acids is 1. The fourth-order valence-corrected chi connectivity index (χ4v) is 4.25. The number of carbonyl (C=O) groups is 1. The summed E-state index contributed by atoms with van der Waals surface area (Å²) in [5.41, 5.74) is 4.35. The van der Waals surface area contributed by atoms with Gasteiger partial charge in [0.1, 0.15) is 5.75 Å². The van der Waals surface area contributed by atoms with Crippen molar-refractivity contribution in [3.63, 3.8) is 0 Å². The first-order chi connectivity index (χ1) is 15.9. The standard InChI is InChI=1S/C26H26BrN3O3/c1-16(28-15-19-5-3-4-6-24(19)33-2)29-21-12-9-18-13-23(31)25(22(18)14-21)30-26(32)17-7-10-20(27)11-8-17/h3-12,14,23,25,31H,13,15H2,1-2H3,(H,28,29)(H,30,32)/t23-,25-/m1/s1. The van der Waals surface area contributed by atoms with Crippen molar-refractivity contribution in [3.05, 3.63) is 93.5 Å². The molecule has 0 unspecified atom stereocenters. The van der Waals surface area contributed by atoms with Crippen molar-refractivity contribution in [2.24, 2.45) is 4.99 Å². The molecule has 0 aromatic heterocycles. The normalized spacial score (nSPS) is 17.4. The summed E-state index contributed by atoms with van der Waals surface area (Å²) in [6, 6.07) is 20.4. The number of aliphatic hydroxyl groups excluding tert-OH is 1. The van der Waals surface area contributed by atoms with E-state index in [1.54, 1.807) is 19.2 Å². The van der Waals surface area contributed by atoms with E-state index in [9.17, 15) is 9.90 Å². The maximum Gasteiger partial charge on any atom is 0.251 e. The number of amides is 1. The number of fused-ring (bicyclic) bond motifs is 1. The monoisotopic (exact) mass is 507 g/mol. The lowest BCUT2D eigenvalue weighted by atomic mass is 10.1. The molecule has 3 aromatic carbocycles. The van der Waals surface area contributed by atoms with Gasteiger partial charge in [-0.05, 0) is 60.5 Å². The average molecular weight is 508 g/mol. The lowest BCUT2D eigenvalue weighted by Crippen LogP contribution is -2.33. The Morgan fingerprint density at radius 3 is 2.67 bits per heavy atom. The summed E-state index contributed by atoms with van der Waals surface area (Å²) in [5, 5.41) is 16.9. The quantitative estimate of drug-likeness (QED) is 0.328. The molecule has 2 atom stereocenters. The molecule has 3 N–H and O–H groups in total. The van der Waals surface area contributed by atoms with E-state index in [2.05, 4.69) is 31.6 Å². The van der Waals surface area contributed by atoms with Gasteiger partial charge in [0, 0.05) is 27.7 Å². The minimum atomic E-state index is -0.671. The Balaban J connectivity index is 1.47. The van der Waals surface area contributed by atoms with E-state index in [-0.39, 0.29) is 5.91 Å². The highest BCUT2D eigenvalue weighted by atomic mass is 79.9. The first-order valence-electron chi connectivity index (χ1n) is 10.7. The number of nitrogens with one attached hydrogen (secondary N) is 2. The number of nitrogens with zero attached hydrogens (tertiary/aromatic N) is 1. The first-order valence-corrected chi connectivity index (χ1v) is 11.5. The van der Waals surface area contributed by atoms with E-state index < -0.39 is 12.1 Å². The van der Waals surface area contributed by atoms with Gasteiger partial charge in [0.05, 0.1) is 31.6 Å². The number of para-hydroxylation sites is 1. The fourth-order valence-electron chi connectivity index (χ4n) is 3.98. The second kappa shape index (κ2) is 10.2. The van der Waals surface area contributed by atoms with E-state index >= 15 is 0 Å². The minimum Gasteiger partial charge on any atom is -0.496 e. The molecule has 33 heavy (non-hydrogen) atoms. The molecule has 1 amide bonds. The molecule has 1 aliphatic rings. The highest BCUT2D eigenvalue weighted by molar-refractivity contribution is 9.10. The zero-order valence-corrected chi connectivity index (χ0v) is 20.1. The van der Waals surface area contributed by atoms with E-state index in [4.69, 9.17) is 4.74 Å². The van der Waals surface area contributed by atoms with Crippen LogP contribution in [0.3, 0.4) is 0 Å². The maximum atomic E-state index is 12.7. The Kier molecular flexibility index (Phi) is 7.11. The van der Waals surface area contributed by atoms with E-state index in [1.165, 1.54) is 0 Å². The number of anilines is 1. The summed E-state index contributed by atoms with van der Waals surface area (Å²) < 4.78 is 6.29. The lowest BCUT2D eigenvalue weighted by molar-refractivity contribution is 0.0858. The topological polar surface area (TPSA) is 83.0 Å². The van der Waals surface area contributed by atoms with Crippen LogP contribution < -0.4 is 15.4 Å². The third-order valence-electron chi connectivity index (χ3n) is 5.69. The average Bonchev–Trinajstić information content (AvgIpc) is 3.12. The van der Waals surface area contributed by atoms with Crippen molar-refractivity contribution in [3.8, 4) is 5.75 Å². The number of benzene rings is 3. The largest absolute Gasteiger partial charge is 0.496 e. The predicted octanol–water partition coefficient (Wildman–Crippen LogP) is 4.88. The second-order valence-electron chi connectivity index (χ2n) is 7.98. The summed E-state index contributed by atoms with van der Waals surface area (Å²) >= 11 is 3.38. The fraction of sp³-hybridized carbons (Fsp3) is 0.231. The van der Waals surface area contributed by atoms with Crippen molar-refractivity contribution in [1.29, 1.82) is 0 Å². The van der Waals surface area contributed by atoms with Crippen molar-refractivity contribution < 1.29 is 14.6 Å². The summed E-state index contributed by atoms with van der Waals surface area (Å²) in [5.74, 6) is 1.35. The van der Waals surface area contributed by atoms with Crippen LogP contribution in [0.25, 0.3) is 0 Å². The van der Waals surface area contributed by atoms with Crippen LogP contribution in [0.15, 0.2) is 76.2 Å². The smallest absolute Gasteiger partial charge is 0.251 e. The molecule has 0 aliphatic heterocycles. The highest BCUT2D eigenvalue weighted by Gasteiger charge is 2.32. The van der Waals surface area contributed by atoms with Crippen LogP contribution in [-0.4, -0.2) is 30.1 Å². The van der Waals surface area contributed by atoms with Gasteiger partial charge in [0.2, 0.25) is 0 Å². The SMILES string of the molecule is COc1ccccc1CN=C(C)Nc1ccc2c(c1)[C@@H](NC(=O)c1ccc(Br)cc1)[C@H](O)C2. The van der Waals surface area contributed by atoms with Crippen molar-refractivity contribution in [2.45, 2.75) is 32.0 Å². The molecular formula is C26H26BrN3O3. The van der Waals surface area contributed by atoms with Gasteiger partial charge in [0.15, 0.2) is 0 Å². The number of hydrogen-bond donors (Lipinski definition) is 3. The molecule has 0 bridgehead atoms. The summed E-state index contributed by atoms with van der Waals surface area (Å²) in [7, 11) is 1.65. The molecule has 0 heterocycles. The molecule has 3 aromatic rings. The number of rotatable bonds is 6. The van der Waals surface area contributed by atoms with Gasteiger partial charge in [-0.15, -0.1) is 0 Å². The summed E-state index contributed by atoms with van der Waals surface area (Å²) in [6.07, 6.45) is -0.170. The Bertz CT molecular complexity index is 1180. The van der Waals surface area contributed by atoms with E-state index in [0.29, 0.717) is 18.5 Å². The van der Waals surface area contributed by atoms with Crippen LogP contribution in [0.5, 0.6) is 5.75 Å². The number of methoxy groups -OCH3 is 1. The van der Waals surface area contributed by atoms with Crippen LogP contribution >= 0.6 is 15.9 Å². The molecule has 0 fully saturated rings.